The molecule has 5 heteroatoms. The molecule has 1 atom stereocenters. The molecule has 1 aliphatic carbocycles. The summed E-state index contributed by atoms with van der Waals surface area (Å²) in [6, 6.07) is 7.49. The number of hydrogen-bond donors (Lipinski definition) is 1. The van der Waals surface area contributed by atoms with Crippen LogP contribution in [0.2, 0.25) is 0 Å². The second kappa shape index (κ2) is 7.31. The summed E-state index contributed by atoms with van der Waals surface area (Å²) in [4.78, 5) is 13.2. The molecule has 1 aliphatic rings. The lowest BCUT2D eigenvalue weighted by Crippen LogP contribution is -2.41. The van der Waals surface area contributed by atoms with Crippen LogP contribution in [0.15, 0.2) is 24.3 Å². The van der Waals surface area contributed by atoms with E-state index in [4.69, 9.17) is 14.6 Å². The van der Waals surface area contributed by atoms with E-state index in [9.17, 15) is 4.79 Å². The molecular formula is C16H23NO4. The first kappa shape index (κ1) is 15.6. The summed E-state index contributed by atoms with van der Waals surface area (Å²) < 4.78 is 10.8. The highest BCUT2D eigenvalue weighted by molar-refractivity contribution is 5.73. The van der Waals surface area contributed by atoms with Crippen molar-refractivity contribution in [3.8, 4) is 11.5 Å². The van der Waals surface area contributed by atoms with Crippen LogP contribution in [0.4, 0.5) is 0 Å². The molecule has 5 nitrogen and oxygen atoms in total. The third kappa shape index (κ3) is 4.63. The fraction of sp³-hybridized carbons (Fsp3) is 0.562. The maximum atomic E-state index is 11.1. The number of hydrogen-bond acceptors (Lipinski definition) is 4. The number of carbonyl (C=O) groups is 1. The summed E-state index contributed by atoms with van der Waals surface area (Å²) in [7, 11) is 1.63. The maximum Gasteiger partial charge on any atom is 0.320 e. The molecule has 0 amide bonds. The van der Waals surface area contributed by atoms with Gasteiger partial charge in [-0.2, -0.15) is 0 Å². The van der Waals surface area contributed by atoms with E-state index in [1.54, 1.807) is 14.0 Å². The van der Waals surface area contributed by atoms with Crippen LogP contribution in [0, 0.1) is 0 Å². The molecule has 1 aromatic carbocycles. The van der Waals surface area contributed by atoms with Crippen LogP contribution in [0.25, 0.3) is 0 Å². The Bertz CT molecular complexity index is 456. The standard InChI is InChI=1S/C16H23NO4/c1-12(16(18)19)17(13-4-5-13)10-3-11-21-15-8-6-14(20-2)7-9-15/h6-9,12-13H,3-5,10-11H2,1-2H3,(H,18,19). The molecule has 0 spiro atoms. The van der Waals surface area contributed by atoms with Gasteiger partial charge in [-0.3, -0.25) is 9.69 Å². The zero-order valence-electron chi connectivity index (χ0n) is 12.6. The van der Waals surface area contributed by atoms with Crippen molar-refractivity contribution >= 4 is 5.97 Å². The van der Waals surface area contributed by atoms with E-state index in [2.05, 4.69) is 4.90 Å². The molecule has 0 aliphatic heterocycles. The number of nitrogens with zero attached hydrogens (tertiary/aromatic N) is 1. The number of benzene rings is 1. The molecule has 0 radical (unpaired) electrons. The second-order valence-corrected chi connectivity index (χ2v) is 5.36. The Morgan fingerprint density at radius 3 is 2.48 bits per heavy atom. The largest absolute Gasteiger partial charge is 0.497 e. The fourth-order valence-corrected chi connectivity index (χ4v) is 2.35. The highest BCUT2D eigenvalue weighted by atomic mass is 16.5. The minimum Gasteiger partial charge on any atom is -0.497 e. The molecule has 1 aromatic rings. The lowest BCUT2D eigenvalue weighted by atomic mass is 10.2. The predicted octanol–water partition coefficient (Wildman–Crippen LogP) is 2.40. The number of aliphatic carboxylic acids is 1. The van der Waals surface area contributed by atoms with E-state index in [1.807, 2.05) is 24.3 Å². The fourth-order valence-electron chi connectivity index (χ4n) is 2.35. The molecule has 21 heavy (non-hydrogen) atoms. The summed E-state index contributed by atoms with van der Waals surface area (Å²) in [6.45, 7) is 3.10. The summed E-state index contributed by atoms with van der Waals surface area (Å²) in [5, 5.41) is 9.13. The summed E-state index contributed by atoms with van der Waals surface area (Å²) in [5.41, 5.74) is 0. The molecule has 1 saturated carbocycles. The molecule has 1 N–H and O–H groups in total. The van der Waals surface area contributed by atoms with Crippen LogP contribution in [0.3, 0.4) is 0 Å². The maximum absolute atomic E-state index is 11.1. The molecule has 0 aromatic heterocycles. The van der Waals surface area contributed by atoms with Crippen LogP contribution in [-0.4, -0.2) is 48.3 Å². The second-order valence-electron chi connectivity index (χ2n) is 5.36. The summed E-state index contributed by atoms with van der Waals surface area (Å²) >= 11 is 0. The normalized spacial score (nSPS) is 15.8. The van der Waals surface area contributed by atoms with Gasteiger partial charge < -0.3 is 14.6 Å². The van der Waals surface area contributed by atoms with Gasteiger partial charge in [0.2, 0.25) is 0 Å². The van der Waals surface area contributed by atoms with Crippen molar-refractivity contribution in [2.75, 3.05) is 20.3 Å². The van der Waals surface area contributed by atoms with E-state index in [-0.39, 0.29) is 0 Å². The molecule has 0 bridgehead atoms. The lowest BCUT2D eigenvalue weighted by Gasteiger charge is -2.25. The zero-order valence-corrected chi connectivity index (χ0v) is 12.6. The first-order valence-corrected chi connectivity index (χ1v) is 7.37. The Labute approximate surface area is 125 Å². The Morgan fingerprint density at radius 1 is 1.33 bits per heavy atom. The Morgan fingerprint density at radius 2 is 1.95 bits per heavy atom. The highest BCUT2D eigenvalue weighted by Gasteiger charge is 2.34. The van der Waals surface area contributed by atoms with Crippen molar-refractivity contribution in [2.45, 2.75) is 38.3 Å². The average Bonchev–Trinajstić information content (AvgIpc) is 3.32. The van der Waals surface area contributed by atoms with Gasteiger partial charge in [-0.1, -0.05) is 0 Å². The van der Waals surface area contributed by atoms with Gasteiger partial charge in [0.15, 0.2) is 0 Å². The van der Waals surface area contributed by atoms with Gasteiger partial charge in [-0.05, 0) is 50.5 Å². The van der Waals surface area contributed by atoms with Crippen LogP contribution >= 0.6 is 0 Å². The number of ether oxygens (including phenoxy) is 2. The molecule has 0 saturated heterocycles. The monoisotopic (exact) mass is 293 g/mol. The average molecular weight is 293 g/mol. The number of carboxylic acids is 1. The lowest BCUT2D eigenvalue weighted by molar-refractivity contribution is -0.142. The number of carboxylic acid groups (broad SMARTS) is 1. The molecule has 0 heterocycles. The Hall–Kier alpha value is -1.75. The minimum absolute atomic E-state index is 0.418. The van der Waals surface area contributed by atoms with Gasteiger partial charge in [0.1, 0.15) is 17.5 Å². The van der Waals surface area contributed by atoms with Crippen molar-refractivity contribution in [1.82, 2.24) is 4.90 Å². The van der Waals surface area contributed by atoms with Crippen LogP contribution in [0.5, 0.6) is 11.5 Å². The first-order valence-electron chi connectivity index (χ1n) is 7.37. The third-order valence-electron chi connectivity index (χ3n) is 3.76. The van der Waals surface area contributed by atoms with Crippen LogP contribution in [-0.2, 0) is 4.79 Å². The molecule has 1 unspecified atom stereocenters. The van der Waals surface area contributed by atoms with Gasteiger partial charge in [-0.15, -0.1) is 0 Å². The van der Waals surface area contributed by atoms with Crippen LogP contribution < -0.4 is 9.47 Å². The van der Waals surface area contributed by atoms with Crippen molar-refractivity contribution < 1.29 is 19.4 Å². The van der Waals surface area contributed by atoms with Crippen molar-refractivity contribution in [3.05, 3.63) is 24.3 Å². The van der Waals surface area contributed by atoms with E-state index >= 15 is 0 Å². The summed E-state index contributed by atoms with van der Waals surface area (Å²) in [6.07, 6.45) is 3.04. The molecule has 116 valence electrons. The number of rotatable bonds is 9. The quantitative estimate of drug-likeness (QED) is 0.708. The Balaban J connectivity index is 1.73. The van der Waals surface area contributed by atoms with E-state index in [0.717, 1.165) is 37.3 Å². The smallest absolute Gasteiger partial charge is 0.320 e. The van der Waals surface area contributed by atoms with E-state index < -0.39 is 12.0 Å². The van der Waals surface area contributed by atoms with Gasteiger partial charge >= 0.3 is 5.97 Å². The topological polar surface area (TPSA) is 59.0 Å². The van der Waals surface area contributed by atoms with Crippen molar-refractivity contribution in [2.24, 2.45) is 0 Å². The van der Waals surface area contributed by atoms with Gasteiger partial charge in [0.25, 0.3) is 0 Å². The zero-order chi connectivity index (χ0) is 15.2. The highest BCUT2D eigenvalue weighted by Crippen LogP contribution is 2.28. The van der Waals surface area contributed by atoms with Gasteiger partial charge in [0.05, 0.1) is 13.7 Å². The summed E-state index contributed by atoms with van der Waals surface area (Å²) in [5.74, 6) is 0.857. The van der Waals surface area contributed by atoms with Crippen molar-refractivity contribution in [1.29, 1.82) is 0 Å². The molecule has 1 fully saturated rings. The predicted molar refractivity (Wildman–Crippen MR) is 79.9 cm³/mol. The Kier molecular flexibility index (Phi) is 5.44. The van der Waals surface area contributed by atoms with E-state index in [0.29, 0.717) is 12.6 Å². The number of methoxy groups -OCH3 is 1. The van der Waals surface area contributed by atoms with Crippen LogP contribution in [0.1, 0.15) is 26.2 Å². The van der Waals surface area contributed by atoms with Crippen molar-refractivity contribution in [3.63, 3.8) is 0 Å². The SMILES string of the molecule is COc1ccc(OCCCN(C2CC2)C(C)C(=O)O)cc1. The third-order valence-corrected chi connectivity index (χ3v) is 3.76. The molecule has 2 rings (SSSR count). The first-order chi connectivity index (χ1) is 10.1. The van der Waals surface area contributed by atoms with E-state index in [1.165, 1.54) is 0 Å². The van der Waals surface area contributed by atoms with Gasteiger partial charge in [0, 0.05) is 12.6 Å². The van der Waals surface area contributed by atoms with Gasteiger partial charge in [-0.25, -0.2) is 0 Å². The minimum atomic E-state index is -0.752. The molecular weight excluding hydrogens is 270 g/mol.